The minimum atomic E-state index is -1.04. The number of methoxy groups -OCH3 is 1. The van der Waals surface area contributed by atoms with Crippen molar-refractivity contribution in [2.24, 2.45) is 28.1 Å². The van der Waals surface area contributed by atoms with E-state index >= 15 is 0 Å². The second-order valence-corrected chi connectivity index (χ2v) is 10.7. The summed E-state index contributed by atoms with van der Waals surface area (Å²) in [6.07, 6.45) is 4.22. The lowest BCUT2D eigenvalue weighted by Crippen LogP contribution is -2.69. The first-order valence-electron chi connectivity index (χ1n) is 12.0. The van der Waals surface area contributed by atoms with Gasteiger partial charge < -0.3 is 18.6 Å². The third-order valence-corrected chi connectivity index (χ3v) is 9.49. The molecule has 0 spiro atoms. The zero-order valence-electron chi connectivity index (χ0n) is 20.6. The molecule has 1 aliphatic heterocycles. The lowest BCUT2D eigenvalue weighted by atomic mass is 9.36. The number of carbonyl (C=O) groups excluding carboxylic acids is 4. The number of carbonyl (C=O) groups is 4. The molecular formula is C26H34O8. The molecule has 3 fully saturated rings. The van der Waals surface area contributed by atoms with E-state index in [9.17, 15) is 19.2 Å². The van der Waals surface area contributed by atoms with E-state index < -0.39 is 46.3 Å². The highest BCUT2D eigenvalue weighted by molar-refractivity contribution is 5.95. The fraction of sp³-hybridized carbons (Fsp3) is 0.692. The van der Waals surface area contributed by atoms with E-state index in [1.165, 1.54) is 20.3 Å². The number of ketones is 1. The van der Waals surface area contributed by atoms with Crippen molar-refractivity contribution in [3.8, 4) is 0 Å². The lowest BCUT2D eigenvalue weighted by Gasteiger charge is -2.67. The van der Waals surface area contributed by atoms with Crippen LogP contribution in [0.2, 0.25) is 0 Å². The first-order chi connectivity index (χ1) is 16.0. The highest BCUT2D eigenvalue weighted by atomic mass is 16.6. The van der Waals surface area contributed by atoms with Gasteiger partial charge in [-0.1, -0.05) is 20.8 Å². The van der Waals surface area contributed by atoms with Gasteiger partial charge in [-0.05, 0) is 48.5 Å². The molecule has 1 aromatic heterocycles. The number of hydrogen-bond acceptors (Lipinski definition) is 8. The van der Waals surface area contributed by atoms with Crippen molar-refractivity contribution < 1.29 is 37.8 Å². The van der Waals surface area contributed by atoms with Crippen LogP contribution >= 0.6 is 0 Å². The Labute approximate surface area is 199 Å². The van der Waals surface area contributed by atoms with Crippen LogP contribution < -0.4 is 0 Å². The summed E-state index contributed by atoms with van der Waals surface area (Å²) in [6.45, 7) is 7.26. The zero-order chi connectivity index (χ0) is 24.9. The Bertz CT molecular complexity index is 983. The van der Waals surface area contributed by atoms with Gasteiger partial charge in [0, 0.05) is 30.7 Å². The molecule has 2 aliphatic carbocycles. The fourth-order valence-corrected chi connectivity index (χ4v) is 7.31. The molecule has 0 unspecified atom stereocenters. The number of furan rings is 1. The summed E-state index contributed by atoms with van der Waals surface area (Å²) in [5.74, 6) is -1.96. The highest BCUT2D eigenvalue weighted by Crippen LogP contribution is 2.71. The molecular weight excluding hydrogens is 440 g/mol. The number of rotatable bonds is 3. The third-order valence-electron chi connectivity index (χ3n) is 9.49. The van der Waals surface area contributed by atoms with E-state index in [2.05, 4.69) is 6.92 Å². The van der Waals surface area contributed by atoms with Crippen LogP contribution in [0.25, 0.3) is 0 Å². The summed E-state index contributed by atoms with van der Waals surface area (Å²) in [4.78, 5) is 51.7. The fourth-order valence-electron chi connectivity index (χ4n) is 7.31. The molecule has 8 heteroatoms. The molecule has 0 N–H and O–H groups in total. The van der Waals surface area contributed by atoms with Gasteiger partial charge in [-0.15, -0.1) is 0 Å². The Balaban J connectivity index is 1.87. The molecule has 1 aromatic rings. The monoisotopic (exact) mass is 474 g/mol. The topological polar surface area (TPSA) is 109 Å². The number of Topliss-reactive ketones (excluding diaryl/α,β-unsaturated/α-hetero) is 1. The van der Waals surface area contributed by atoms with Crippen LogP contribution in [0, 0.1) is 28.1 Å². The molecule has 1 saturated heterocycles. The van der Waals surface area contributed by atoms with E-state index in [4.69, 9.17) is 18.6 Å². The summed E-state index contributed by atoms with van der Waals surface area (Å²) < 4.78 is 21.8. The first kappa shape index (κ1) is 24.5. The minimum absolute atomic E-state index is 0.0474. The predicted molar refractivity (Wildman–Crippen MR) is 119 cm³/mol. The third kappa shape index (κ3) is 3.48. The Morgan fingerprint density at radius 1 is 1.12 bits per heavy atom. The molecule has 4 rings (SSSR count). The van der Waals surface area contributed by atoms with Gasteiger partial charge in [-0.25, -0.2) is 0 Å². The molecule has 3 aliphatic rings. The van der Waals surface area contributed by atoms with Crippen LogP contribution in [0.5, 0.6) is 0 Å². The standard InChI is InChI=1S/C26H34O8/c1-15(27)33-19-12-18(23(30)31-5)24(2)10-8-17-6-7-21(28)34-20(16-9-11-32-14-16)13-25(17,3)26(24,4)22(19)29/h9,11,14,17-20H,6-8,10,12-13H2,1-5H3/t17-,18-,19-,20-,24-,25-,26-/m0/s1. The van der Waals surface area contributed by atoms with Crippen molar-refractivity contribution in [1.29, 1.82) is 0 Å². The highest BCUT2D eigenvalue weighted by Gasteiger charge is 2.72. The van der Waals surface area contributed by atoms with E-state index in [0.717, 1.165) is 12.0 Å². The van der Waals surface area contributed by atoms with Gasteiger partial charge in [0.05, 0.1) is 25.6 Å². The van der Waals surface area contributed by atoms with Crippen molar-refractivity contribution in [3.63, 3.8) is 0 Å². The zero-order valence-corrected chi connectivity index (χ0v) is 20.6. The quantitative estimate of drug-likeness (QED) is 0.474. The first-order valence-corrected chi connectivity index (χ1v) is 12.0. The van der Waals surface area contributed by atoms with E-state index in [1.807, 2.05) is 13.8 Å². The van der Waals surface area contributed by atoms with Gasteiger partial charge in [0.25, 0.3) is 0 Å². The Hall–Kier alpha value is -2.64. The SMILES string of the molecule is COC(=O)[C@@H]1C[C@H](OC(C)=O)C(=O)[C@]2(C)[C@@]3(C)C[C@@H](c4ccoc4)OC(=O)CC[C@H]3CC[C@@]12C. The van der Waals surface area contributed by atoms with E-state index in [0.29, 0.717) is 19.3 Å². The van der Waals surface area contributed by atoms with E-state index in [-0.39, 0.29) is 30.5 Å². The maximum atomic E-state index is 14.2. The number of ether oxygens (including phenoxy) is 3. The molecule has 0 bridgehead atoms. The smallest absolute Gasteiger partial charge is 0.309 e. The summed E-state index contributed by atoms with van der Waals surface area (Å²) >= 11 is 0. The Kier molecular flexibility index (Phi) is 6.15. The van der Waals surface area contributed by atoms with Crippen LogP contribution in [0.3, 0.4) is 0 Å². The van der Waals surface area contributed by atoms with Crippen LogP contribution in [0.15, 0.2) is 23.0 Å². The maximum Gasteiger partial charge on any atom is 0.309 e. The molecule has 0 amide bonds. The number of cyclic esters (lactones) is 1. The van der Waals surface area contributed by atoms with Crippen molar-refractivity contribution in [2.75, 3.05) is 7.11 Å². The van der Waals surface area contributed by atoms with Crippen LogP contribution in [0.4, 0.5) is 0 Å². The maximum absolute atomic E-state index is 14.2. The molecule has 2 saturated carbocycles. The van der Waals surface area contributed by atoms with Crippen molar-refractivity contribution >= 4 is 23.7 Å². The van der Waals surface area contributed by atoms with E-state index in [1.54, 1.807) is 12.3 Å². The molecule has 34 heavy (non-hydrogen) atoms. The van der Waals surface area contributed by atoms with Gasteiger partial charge in [0.15, 0.2) is 11.9 Å². The second-order valence-electron chi connectivity index (χ2n) is 10.7. The summed E-state index contributed by atoms with van der Waals surface area (Å²) in [5, 5.41) is 0. The Morgan fingerprint density at radius 2 is 1.85 bits per heavy atom. The summed E-state index contributed by atoms with van der Waals surface area (Å²) in [7, 11) is 1.35. The Morgan fingerprint density at radius 3 is 2.47 bits per heavy atom. The average molecular weight is 475 g/mol. The van der Waals surface area contributed by atoms with Gasteiger partial charge in [0.2, 0.25) is 0 Å². The largest absolute Gasteiger partial charge is 0.472 e. The molecule has 186 valence electrons. The van der Waals surface area contributed by atoms with Crippen molar-refractivity contribution in [1.82, 2.24) is 0 Å². The molecule has 2 heterocycles. The number of esters is 3. The normalized spacial score (nSPS) is 40.1. The minimum Gasteiger partial charge on any atom is -0.472 e. The molecule has 0 radical (unpaired) electrons. The van der Waals surface area contributed by atoms with Crippen molar-refractivity contribution in [3.05, 3.63) is 24.2 Å². The van der Waals surface area contributed by atoms with Gasteiger partial charge >= 0.3 is 17.9 Å². The molecule has 7 atom stereocenters. The van der Waals surface area contributed by atoms with Crippen molar-refractivity contribution in [2.45, 2.75) is 78.4 Å². The number of hydrogen-bond donors (Lipinski definition) is 0. The number of fused-ring (bicyclic) bond motifs is 3. The average Bonchev–Trinajstić information content (AvgIpc) is 3.31. The van der Waals surface area contributed by atoms with Crippen LogP contribution in [0.1, 0.15) is 77.9 Å². The molecule has 8 nitrogen and oxygen atoms in total. The van der Waals surface area contributed by atoms with Crippen LogP contribution in [-0.2, 0) is 33.4 Å². The lowest BCUT2D eigenvalue weighted by molar-refractivity contribution is -0.223. The van der Waals surface area contributed by atoms with Crippen LogP contribution in [-0.4, -0.2) is 36.9 Å². The molecule has 0 aromatic carbocycles. The summed E-state index contributed by atoms with van der Waals surface area (Å²) in [6, 6.07) is 1.77. The second kappa shape index (κ2) is 8.54. The predicted octanol–water partition coefficient (Wildman–Crippen LogP) is 4.17. The van der Waals surface area contributed by atoms with Gasteiger partial charge in [0.1, 0.15) is 6.10 Å². The van der Waals surface area contributed by atoms with Gasteiger partial charge in [-0.3, -0.25) is 19.2 Å². The summed E-state index contributed by atoms with van der Waals surface area (Å²) in [5.41, 5.74) is -1.67. The van der Waals surface area contributed by atoms with Gasteiger partial charge in [-0.2, -0.15) is 0 Å².